The van der Waals surface area contributed by atoms with Gasteiger partial charge in [-0.3, -0.25) is 0 Å². The van der Waals surface area contributed by atoms with Gasteiger partial charge in [0.25, 0.3) is 0 Å². The second-order valence-electron chi connectivity index (χ2n) is 3.65. The first-order valence-electron chi connectivity index (χ1n) is 4.82. The van der Waals surface area contributed by atoms with Gasteiger partial charge in [0.15, 0.2) is 0 Å². The minimum absolute atomic E-state index is 0.233. The molecule has 76 valence electrons. The molecule has 0 radical (unpaired) electrons. The van der Waals surface area contributed by atoms with E-state index in [2.05, 4.69) is 0 Å². The normalized spacial score (nSPS) is 24.8. The Kier molecular flexibility index (Phi) is 2.44. The highest BCUT2D eigenvalue weighted by molar-refractivity contribution is 5.47. The summed E-state index contributed by atoms with van der Waals surface area (Å²) in [4.78, 5) is 0. The topological polar surface area (TPSA) is 55.5 Å². The molecule has 3 heteroatoms. The van der Waals surface area contributed by atoms with Gasteiger partial charge >= 0.3 is 0 Å². The number of hydrogen-bond donors (Lipinski definition) is 2. The van der Waals surface area contributed by atoms with Gasteiger partial charge in [0.05, 0.1) is 13.2 Å². The SMILES string of the molecule is COc1cccc2c1C(CN)CC2O. The van der Waals surface area contributed by atoms with Gasteiger partial charge in [0, 0.05) is 11.5 Å². The van der Waals surface area contributed by atoms with Crippen LogP contribution in [0.2, 0.25) is 0 Å². The number of nitrogens with two attached hydrogens (primary N) is 1. The van der Waals surface area contributed by atoms with Crippen molar-refractivity contribution >= 4 is 0 Å². The van der Waals surface area contributed by atoms with Crippen molar-refractivity contribution in [3.8, 4) is 5.75 Å². The van der Waals surface area contributed by atoms with Crippen LogP contribution in [0.1, 0.15) is 29.6 Å². The Labute approximate surface area is 83.5 Å². The van der Waals surface area contributed by atoms with Crippen LogP contribution in [0.25, 0.3) is 0 Å². The molecule has 3 N–H and O–H groups in total. The van der Waals surface area contributed by atoms with Crippen LogP contribution in [0, 0.1) is 0 Å². The quantitative estimate of drug-likeness (QED) is 0.741. The van der Waals surface area contributed by atoms with E-state index in [0.717, 1.165) is 16.9 Å². The van der Waals surface area contributed by atoms with Crippen molar-refractivity contribution < 1.29 is 9.84 Å². The Morgan fingerprint density at radius 1 is 1.57 bits per heavy atom. The second kappa shape index (κ2) is 3.59. The predicted octanol–water partition coefficient (Wildman–Crippen LogP) is 1.17. The molecule has 0 saturated carbocycles. The van der Waals surface area contributed by atoms with Crippen molar-refractivity contribution in [2.75, 3.05) is 13.7 Å². The van der Waals surface area contributed by atoms with Gasteiger partial charge in [-0.15, -0.1) is 0 Å². The maximum atomic E-state index is 9.79. The molecule has 0 heterocycles. The van der Waals surface area contributed by atoms with E-state index in [4.69, 9.17) is 10.5 Å². The smallest absolute Gasteiger partial charge is 0.122 e. The number of fused-ring (bicyclic) bond motifs is 1. The summed E-state index contributed by atoms with van der Waals surface area (Å²) >= 11 is 0. The Morgan fingerprint density at radius 3 is 3.00 bits per heavy atom. The van der Waals surface area contributed by atoms with Crippen LogP contribution in [0.5, 0.6) is 5.75 Å². The van der Waals surface area contributed by atoms with Crippen LogP contribution < -0.4 is 10.5 Å². The standard InChI is InChI=1S/C11H15NO2/c1-14-10-4-2-3-8-9(13)5-7(6-12)11(8)10/h2-4,7,9,13H,5-6,12H2,1H3. The molecule has 1 aromatic rings. The first-order valence-corrected chi connectivity index (χ1v) is 4.82. The van der Waals surface area contributed by atoms with Crippen molar-refractivity contribution in [3.63, 3.8) is 0 Å². The van der Waals surface area contributed by atoms with Gasteiger partial charge < -0.3 is 15.6 Å². The summed E-state index contributed by atoms with van der Waals surface area (Å²) in [7, 11) is 1.65. The fraction of sp³-hybridized carbons (Fsp3) is 0.455. The average molecular weight is 193 g/mol. The van der Waals surface area contributed by atoms with Gasteiger partial charge in [-0.2, -0.15) is 0 Å². The van der Waals surface area contributed by atoms with E-state index in [9.17, 15) is 5.11 Å². The van der Waals surface area contributed by atoms with Gasteiger partial charge in [-0.25, -0.2) is 0 Å². The third-order valence-electron chi connectivity index (χ3n) is 2.88. The lowest BCUT2D eigenvalue weighted by atomic mass is 10.0. The molecule has 0 spiro atoms. The van der Waals surface area contributed by atoms with Gasteiger partial charge in [-0.1, -0.05) is 12.1 Å². The van der Waals surface area contributed by atoms with Gasteiger partial charge in [-0.05, 0) is 24.6 Å². The van der Waals surface area contributed by atoms with Crippen molar-refractivity contribution in [3.05, 3.63) is 29.3 Å². The van der Waals surface area contributed by atoms with Crippen LogP contribution in [-0.2, 0) is 0 Å². The van der Waals surface area contributed by atoms with Gasteiger partial charge in [0.1, 0.15) is 5.75 Å². The molecule has 0 amide bonds. The number of aliphatic hydroxyl groups is 1. The van der Waals surface area contributed by atoms with E-state index in [-0.39, 0.29) is 12.0 Å². The molecular weight excluding hydrogens is 178 g/mol. The van der Waals surface area contributed by atoms with Crippen molar-refractivity contribution in [2.45, 2.75) is 18.4 Å². The fourth-order valence-electron chi connectivity index (χ4n) is 2.19. The van der Waals surface area contributed by atoms with Crippen LogP contribution in [0.4, 0.5) is 0 Å². The number of methoxy groups -OCH3 is 1. The van der Waals surface area contributed by atoms with Crippen LogP contribution in [0.3, 0.4) is 0 Å². The Hall–Kier alpha value is -1.06. The largest absolute Gasteiger partial charge is 0.496 e. The number of benzene rings is 1. The monoisotopic (exact) mass is 193 g/mol. The highest BCUT2D eigenvalue weighted by Gasteiger charge is 2.31. The molecule has 0 fully saturated rings. The predicted molar refractivity (Wildman–Crippen MR) is 54.4 cm³/mol. The summed E-state index contributed by atoms with van der Waals surface area (Å²) in [6.07, 6.45) is 0.334. The summed E-state index contributed by atoms with van der Waals surface area (Å²) in [6.45, 7) is 0.560. The van der Waals surface area contributed by atoms with Gasteiger partial charge in [0.2, 0.25) is 0 Å². The number of rotatable bonds is 2. The molecule has 14 heavy (non-hydrogen) atoms. The zero-order valence-corrected chi connectivity index (χ0v) is 8.23. The van der Waals surface area contributed by atoms with Crippen LogP contribution in [-0.4, -0.2) is 18.8 Å². The van der Waals surface area contributed by atoms with E-state index < -0.39 is 0 Å². The summed E-state index contributed by atoms with van der Waals surface area (Å²) in [5.41, 5.74) is 7.73. The molecule has 0 aliphatic heterocycles. The van der Waals surface area contributed by atoms with E-state index in [1.807, 2.05) is 18.2 Å². The third-order valence-corrected chi connectivity index (χ3v) is 2.88. The molecule has 0 bridgehead atoms. The first-order chi connectivity index (χ1) is 6.77. The van der Waals surface area contributed by atoms with Crippen LogP contribution in [0.15, 0.2) is 18.2 Å². The lowest BCUT2D eigenvalue weighted by Gasteiger charge is -2.12. The molecule has 2 unspecified atom stereocenters. The lowest BCUT2D eigenvalue weighted by Crippen LogP contribution is -2.10. The zero-order valence-electron chi connectivity index (χ0n) is 8.23. The summed E-state index contributed by atoms with van der Waals surface area (Å²) in [5, 5.41) is 9.79. The Bertz CT molecular complexity index is 338. The van der Waals surface area contributed by atoms with Crippen LogP contribution >= 0.6 is 0 Å². The molecular formula is C11H15NO2. The van der Waals surface area contributed by atoms with E-state index >= 15 is 0 Å². The molecule has 1 aromatic carbocycles. The minimum Gasteiger partial charge on any atom is -0.496 e. The molecule has 0 saturated heterocycles. The summed E-state index contributed by atoms with van der Waals surface area (Å²) in [5.74, 6) is 1.07. The highest BCUT2D eigenvalue weighted by atomic mass is 16.5. The lowest BCUT2D eigenvalue weighted by molar-refractivity contribution is 0.173. The molecule has 0 aromatic heterocycles. The average Bonchev–Trinajstić information content (AvgIpc) is 2.56. The Morgan fingerprint density at radius 2 is 2.36 bits per heavy atom. The molecule has 2 rings (SSSR count). The third kappa shape index (κ3) is 1.29. The highest BCUT2D eigenvalue weighted by Crippen LogP contribution is 2.44. The maximum absolute atomic E-state index is 9.79. The summed E-state index contributed by atoms with van der Waals surface area (Å²) in [6, 6.07) is 5.76. The number of aliphatic hydroxyl groups excluding tert-OH is 1. The molecule has 3 nitrogen and oxygen atoms in total. The van der Waals surface area contributed by atoms with E-state index in [0.29, 0.717) is 13.0 Å². The van der Waals surface area contributed by atoms with Crippen molar-refractivity contribution in [2.24, 2.45) is 5.73 Å². The fourth-order valence-corrected chi connectivity index (χ4v) is 2.19. The van der Waals surface area contributed by atoms with E-state index in [1.54, 1.807) is 7.11 Å². The number of ether oxygens (including phenoxy) is 1. The maximum Gasteiger partial charge on any atom is 0.122 e. The first kappa shape index (κ1) is 9.49. The minimum atomic E-state index is -0.381. The molecule has 1 aliphatic rings. The van der Waals surface area contributed by atoms with Crippen molar-refractivity contribution in [1.82, 2.24) is 0 Å². The second-order valence-corrected chi connectivity index (χ2v) is 3.65. The zero-order chi connectivity index (χ0) is 10.1. The molecule has 1 aliphatic carbocycles. The Balaban J connectivity index is 2.51. The van der Waals surface area contributed by atoms with Crippen molar-refractivity contribution in [1.29, 1.82) is 0 Å². The van der Waals surface area contributed by atoms with E-state index in [1.165, 1.54) is 0 Å². The molecule has 2 atom stereocenters. The number of hydrogen-bond acceptors (Lipinski definition) is 3. The summed E-state index contributed by atoms with van der Waals surface area (Å²) < 4.78 is 5.27.